The molecule has 0 aliphatic rings. The fraction of sp³-hybridized carbons (Fsp3) is 0.500. The van der Waals surface area contributed by atoms with Gasteiger partial charge in [0.15, 0.2) is 8.80 Å². The third kappa shape index (κ3) is 34.4. The van der Waals surface area contributed by atoms with Gasteiger partial charge in [-0.15, -0.1) is 0 Å². The summed E-state index contributed by atoms with van der Waals surface area (Å²) in [5.41, 5.74) is 0. The summed E-state index contributed by atoms with van der Waals surface area (Å²) in [5.74, 6) is -8.03. The second-order valence-electron chi connectivity index (χ2n) is 12.5. The summed E-state index contributed by atoms with van der Waals surface area (Å²) in [7, 11) is 6.53. The minimum absolute atomic E-state index is 0.0664. The summed E-state index contributed by atoms with van der Waals surface area (Å²) in [6.45, 7) is 9.89. The quantitative estimate of drug-likeness (QED) is 0.0146. The lowest BCUT2D eigenvalue weighted by molar-refractivity contribution is -0.139. The number of hydrogen-bond acceptors (Lipinski definition) is 22. The molecule has 394 valence electrons. The first-order valence-electron chi connectivity index (χ1n) is 19.5. The van der Waals surface area contributed by atoms with Crippen LogP contribution in [-0.2, 0) is 103 Å². The van der Waals surface area contributed by atoms with Crippen LogP contribution in [0.15, 0.2) is 73.3 Å². The molecule has 0 radical (unpaired) electrons. The van der Waals surface area contributed by atoms with Crippen molar-refractivity contribution in [2.24, 2.45) is 0 Å². The molecule has 0 rings (SSSR count). The van der Waals surface area contributed by atoms with E-state index in [2.05, 4.69) is 22.6 Å². The smallest absolute Gasteiger partial charge is 0.478 e. The molecule has 0 heterocycles. The summed E-state index contributed by atoms with van der Waals surface area (Å²) < 4.78 is 73.2. The average Bonchev–Trinajstić information content (AvgIpc) is 3.29. The molecule has 0 aliphatic heterocycles. The van der Waals surface area contributed by atoms with Crippen LogP contribution in [0.4, 0.5) is 0 Å². The van der Waals surface area contributed by atoms with Crippen molar-refractivity contribution >= 4 is 74.2 Å². The second-order valence-corrected chi connectivity index (χ2v) is 22.4. The normalized spacial score (nSPS) is 11.4. The highest BCUT2D eigenvalue weighted by Gasteiger charge is 2.63. The lowest BCUT2D eigenvalue weighted by Crippen LogP contribution is -2.62. The number of hydrogen-bond donors (Lipinski definition) is 4. The first-order valence-corrected chi connectivity index (χ1v) is 25.2. The molecule has 0 aromatic carbocycles. The van der Waals surface area contributed by atoms with Crippen LogP contribution in [-0.4, -0.2) is 191 Å². The second kappa shape index (κ2) is 41.4. The summed E-state index contributed by atoms with van der Waals surface area (Å²) in [6, 6.07) is 0.703. The Labute approximate surface area is 403 Å². The van der Waals surface area contributed by atoms with Gasteiger partial charge in [0.25, 0.3) is 0 Å². The van der Waals surface area contributed by atoms with Crippen molar-refractivity contribution in [1.29, 1.82) is 0 Å². The molecular formula is C40H66O26Si3. The Morgan fingerprint density at radius 2 is 0.739 bits per heavy atom. The van der Waals surface area contributed by atoms with Crippen LogP contribution in [0.1, 0.15) is 26.7 Å². The number of carboxylic acids is 4. The van der Waals surface area contributed by atoms with Crippen LogP contribution in [0.3, 0.4) is 0 Å². The summed E-state index contributed by atoms with van der Waals surface area (Å²) >= 11 is 0. The van der Waals surface area contributed by atoms with Crippen molar-refractivity contribution in [1.82, 2.24) is 0 Å². The number of esters is 4. The number of carboxylic acid groups (broad SMARTS) is 4. The first-order chi connectivity index (χ1) is 32.3. The fourth-order valence-electron chi connectivity index (χ4n) is 5.05. The fourth-order valence-corrected chi connectivity index (χ4v) is 15.4. The van der Waals surface area contributed by atoms with Crippen molar-refractivity contribution in [3.8, 4) is 0 Å². The number of carbonyl (C=O) groups is 8. The highest BCUT2D eigenvalue weighted by molar-refractivity contribution is 6.82. The number of aliphatic carboxylic acids is 4. The maximum Gasteiger partial charge on any atom is 0.508 e. The Morgan fingerprint density at radius 1 is 0.464 bits per heavy atom. The molecule has 0 bridgehead atoms. The van der Waals surface area contributed by atoms with E-state index in [9.17, 15) is 38.4 Å². The monoisotopic (exact) mass is 1050 g/mol. The third-order valence-electron chi connectivity index (χ3n) is 7.76. The first kappa shape index (κ1) is 70.0. The molecule has 0 saturated heterocycles. The van der Waals surface area contributed by atoms with Gasteiger partial charge in [0.05, 0.1) is 24.7 Å². The van der Waals surface area contributed by atoms with Crippen LogP contribution in [0.25, 0.3) is 0 Å². The van der Waals surface area contributed by atoms with Gasteiger partial charge in [-0.2, -0.15) is 0 Å². The molecule has 0 aliphatic carbocycles. The van der Waals surface area contributed by atoms with E-state index in [1.807, 2.05) is 0 Å². The predicted molar refractivity (Wildman–Crippen MR) is 245 cm³/mol. The van der Waals surface area contributed by atoms with Gasteiger partial charge in [-0.3, -0.25) is 0 Å². The minimum Gasteiger partial charge on any atom is -0.478 e. The summed E-state index contributed by atoms with van der Waals surface area (Å²) in [6.07, 6.45) is 6.93. The molecule has 26 nitrogen and oxygen atoms in total. The molecule has 4 N–H and O–H groups in total. The lowest BCUT2D eigenvalue weighted by atomic mass is 10.5. The highest BCUT2D eigenvalue weighted by atomic mass is 28.5. The van der Waals surface area contributed by atoms with Crippen LogP contribution < -0.4 is 0 Å². The maximum atomic E-state index is 11.5. The lowest BCUT2D eigenvalue weighted by Gasteiger charge is -2.39. The zero-order valence-corrected chi connectivity index (χ0v) is 43.8. The highest BCUT2D eigenvalue weighted by Crippen LogP contribution is 2.37. The Hall–Kier alpha value is -5.55. The molecule has 0 aromatic heterocycles. The van der Waals surface area contributed by atoms with E-state index in [1.165, 1.54) is 56.5 Å². The van der Waals surface area contributed by atoms with E-state index >= 15 is 0 Å². The van der Waals surface area contributed by atoms with Gasteiger partial charge in [0.1, 0.15) is 17.0 Å². The standard InChI is InChI=1S/C13H26O10Si2.C13H24O8Si.C10H12O4.C4H4O4/c1-17-24(18-2,19-3)13(25(20-4,21-5)22-6)9-10-23-12(16)8-7-11(14)15;1-17-12(18-2)22(13(19-3)20-4)9-5-8-21-11(16)7-6-10(14)15;1-7(2)13-9(11)5-6-10(12)14-8(3)4;5-3(6)1-2-4(7)8/h7-8,13H,9-10H2,1-6H3,(H,14,15);6-7,12-13,22H,5,8-9H2,1-4H3,(H,14,15);5-6H,1,3H2,2,4H3;1-2H,(H,5,6)(H,7,8)/b8-7+;7-6-;6-5+;2-1+. The Kier molecular flexibility index (Phi) is 42.0. The molecule has 0 fully saturated rings. The van der Waals surface area contributed by atoms with Gasteiger partial charge in [0.2, 0.25) is 0 Å². The molecular weight excluding hydrogens is 981 g/mol. The van der Waals surface area contributed by atoms with E-state index in [-0.39, 0.29) is 43.0 Å². The molecule has 69 heavy (non-hydrogen) atoms. The van der Waals surface area contributed by atoms with E-state index in [1.54, 1.807) is 28.4 Å². The molecule has 0 saturated carbocycles. The van der Waals surface area contributed by atoms with E-state index in [0.29, 0.717) is 30.7 Å². The zero-order valence-electron chi connectivity index (χ0n) is 40.6. The largest absolute Gasteiger partial charge is 0.508 e. The predicted octanol–water partition coefficient (Wildman–Crippen LogP) is 1.74. The topological polar surface area (TPSA) is 347 Å². The number of ether oxygens (including phenoxy) is 8. The Morgan fingerprint density at radius 3 is 1.00 bits per heavy atom. The van der Waals surface area contributed by atoms with E-state index < -0.39 is 79.3 Å². The third-order valence-corrected chi connectivity index (χ3v) is 19.1. The number of methoxy groups -OCH3 is 4. The van der Waals surface area contributed by atoms with Crippen molar-refractivity contribution in [3.05, 3.63) is 73.3 Å². The summed E-state index contributed by atoms with van der Waals surface area (Å²) in [4.78, 5) is 84.2. The van der Waals surface area contributed by atoms with Crippen LogP contribution in [0.5, 0.6) is 0 Å². The van der Waals surface area contributed by atoms with Gasteiger partial charge in [-0.25, -0.2) is 38.4 Å². The molecule has 0 unspecified atom stereocenters. The number of carbonyl (C=O) groups excluding carboxylic acids is 4. The van der Waals surface area contributed by atoms with Crippen molar-refractivity contribution in [2.45, 2.75) is 49.7 Å². The van der Waals surface area contributed by atoms with Crippen LogP contribution in [0, 0.1) is 0 Å². The minimum atomic E-state index is -3.27. The van der Waals surface area contributed by atoms with E-state index in [4.69, 9.17) is 75.4 Å². The molecule has 0 atom stereocenters. The van der Waals surface area contributed by atoms with Crippen molar-refractivity contribution < 1.29 is 123 Å². The maximum absolute atomic E-state index is 11.5. The van der Waals surface area contributed by atoms with Gasteiger partial charge in [-0.1, -0.05) is 13.2 Å². The van der Waals surface area contributed by atoms with Crippen LogP contribution >= 0.6 is 0 Å². The SMILES string of the molecule is C=C(C)OC(=O)/C=C/C(=O)OC(=C)C.COC(OC)[SiH](CCCOC(=O)/C=C\C(=O)O)C(OC)OC.CO[Si](OC)(OC)C(CCOC(=O)/C=C/C(=O)O)[Si](OC)(OC)OC.O=C(O)/C=C/C(=O)O. The zero-order chi connectivity index (χ0) is 54.2. The van der Waals surface area contributed by atoms with E-state index in [0.717, 1.165) is 30.4 Å². The molecule has 0 spiro atoms. The van der Waals surface area contributed by atoms with Gasteiger partial charge >= 0.3 is 65.4 Å². The molecule has 0 amide bonds. The number of rotatable bonds is 31. The van der Waals surface area contributed by atoms with Crippen molar-refractivity contribution in [3.63, 3.8) is 0 Å². The van der Waals surface area contributed by atoms with Gasteiger partial charge in [0, 0.05) is 120 Å². The van der Waals surface area contributed by atoms with Crippen molar-refractivity contribution in [2.75, 3.05) is 84.3 Å². The molecule has 29 heteroatoms. The average molecular weight is 1050 g/mol. The van der Waals surface area contributed by atoms with Crippen LogP contribution in [0.2, 0.25) is 11.2 Å². The van der Waals surface area contributed by atoms with Gasteiger partial charge < -0.3 is 84.9 Å². The summed E-state index contributed by atoms with van der Waals surface area (Å²) in [5, 5.41) is 31.9. The number of allylic oxidation sites excluding steroid dienone is 2. The van der Waals surface area contributed by atoms with Gasteiger partial charge in [-0.05, 0) is 32.7 Å². The Balaban J connectivity index is -0.000000437. The molecule has 0 aromatic rings. The Bertz CT molecular complexity index is 1620.